The molecule has 2 N–H and O–H groups in total. The number of nitrogens with zero attached hydrogens (tertiary/aromatic N) is 2. The Balaban J connectivity index is 1.70. The summed E-state index contributed by atoms with van der Waals surface area (Å²) >= 11 is 0. The number of furan rings is 1. The van der Waals surface area contributed by atoms with Crippen molar-refractivity contribution < 1.29 is 32.2 Å². The molecule has 0 unspecified atom stereocenters. The quantitative estimate of drug-likeness (QED) is 0.403. The molecule has 0 aliphatic heterocycles. The second-order valence-corrected chi connectivity index (χ2v) is 5.00. The molecule has 3 rings (SSSR count). The zero-order valence-electron chi connectivity index (χ0n) is 12.8. The van der Waals surface area contributed by atoms with Gasteiger partial charge in [-0.1, -0.05) is 0 Å². The van der Waals surface area contributed by atoms with Crippen LogP contribution in [0.3, 0.4) is 0 Å². The number of carbonyl (C=O) groups is 1. The highest BCUT2D eigenvalue weighted by Gasteiger charge is 2.30. The molecule has 2 heterocycles. The molecule has 0 aliphatic carbocycles. The number of aromatic nitrogens is 3. The molecule has 0 saturated heterocycles. The fourth-order valence-corrected chi connectivity index (χ4v) is 1.93. The molecule has 0 bridgehead atoms. The molecule has 0 atom stereocenters. The van der Waals surface area contributed by atoms with Crippen LogP contribution in [-0.2, 0) is 6.18 Å². The first-order valence-corrected chi connectivity index (χ1v) is 7.08. The number of allylic oxidation sites excluding steroid dienone is 1. The third kappa shape index (κ3) is 3.91. The van der Waals surface area contributed by atoms with Gasteiger partial charge in [0.15, 0.2) is 11.5 Å². The average Bonchev–Trinajstić information content (AvgIpc) is 3.26. The Hall–Kier alpha value is -3.56. The Bertz CT molecular complexity index is 929. The first-order chi connectivity index (χ1) is 12.3. The number of carbonyl (C=O) groups excluding carboxylic acids is 1. The van der Waals surface area contributed by atoms with Crippen molar-refractivity contribution in [1.82, 2.24) is 15.2 Å². The number of alkyl halides is 3. The van der Waals surface area contributed by atoms with Gasteiger partial charge in [-0.2, -0.15) is 18.3 Å². The van der Waals surface area contributed by atoms with Crippen LogP contribution >= 0.6 is 0 Å². The fraction of sp³-hybridized carbons (Fsp3) is 0.0625. The number of nitrogens with one attached hydrogen (secondary N) is 1. The molecule has 10 heteroatoms. The van der Waals surface area contributed by atoms with Crippen molar-refractivity contribution in [2.75, 3.05) is 0 Å². The standard InChI is InChI=1S/C16H10F3N3O4/c17-16(18,19)10-1-3-11(4-2-10)26-14-5-9(7-25-14)12(23)6-13(24)15-20-8-21-22-15/h1-8,24H,(H,20,21,22). The number of aliphatic hydroxyl groups is 1. The molecular weight excluding hydrogens is 355 g/mol. The lowest BCUT2D eigenvalue weighted by Gasteiger charge is -2.07. The van der Waals surface area contributed by atoms with Gasteiger partial charge < -0.3 is 14.3 Å². The van der Waals surface area contributed by atoms with Crippen molar-refractivity contribution in [2.24, 2.45) is 0 Å². The molecule has 134 valence electrons. The van der Waals surface area contributed by atoms with Crippen LogP contribution in [0.25, 0.3) is 5.76 Å². The smallest absolute Gasteiger partial charge is 0.416 e. The molecule has 0 aliphatic rings. The number of ether oxygens (including phenoxy) is 1. The van der Waals surface area contributed by atoms with Gasteiger partial charge >= 0.3 is 6.18 Å². The third-order valence-corrected chi connectivity index (χ3v) is 3.17. The van der Waals surface area contributed by atoms with Crippen LogP contribution in [-0.4, -0.2) is 26.1 Å². The summed E-state index contributed by atoms with van der Waals surface area (Å²) in [6, 6.07) is 5.22. The number of H-pyrrole nitrogens is 1. The summed E-state index contributed by atoms with van der Waals surface area (Å²) in [5.74, 6) is -1.09. The molecule has 3 aromatic rings. The molecule has 0 radical (unpaired) electrons. The highest BCUT2D eigenvalue weighted by atomic mass is 19.4. The van der Waals surface area contributed by atoms with E-state index in [1.54, 1.807) is 0 Å². The number of hydrogen-bond donors (Lipinski definition) is 2. The van der Waals surface area contributed by atoms with Gasteiger partial charge in [-0.3, -0.25) is 9.89 Å². The Morgan fingerprint density at radius 2 is 2.00 bits per heavy atom. The second-order valence-electron chi connectivity index (χ2n) is 5.00. The minimum Gasteiger partial charge on any atom is -0.504 e. The number of aliphatic hydroxyl groups excluding tert-OH is 1. The molecular formula is C16H10F3N3O4. The summed E-state index contributed by atoms with van der Waals surface area (Å²) in [7, 11) is 0. The van der Waals surface area contributed by atoms with Crippen molar-refractivity contribution in [3.05, 3.63) is 65.9 Å². The third-order valence-electron chi connectivity index (χ3n) is 3.17. The Kier molecular flexibility index (Phi) is 4.48. The van der Waals surface area contributed by atoms with Crippen LogP contribution in [0.1, 0.15) is 21.7 Å². The Morgan fingerprint density at radius 1 is 1.27 bits per heavy atom. The molecule has 0 saturated carbocycles. The number of halogens is 3. The fourth-order valence-electron chi connectivity index (χ4n) is 1.93. The first kappa shape index (κ1) is 17.3. The lowest BCUT2D eigenvalue weighted by molar-refractivity contribution is -0.137. The van der Waals surface area contributed by atoms with E-state index >= 15 is 0 Å². The van der Waals surface area contributed by atoms with Crippen LogP contribution in [0.4, 0.5) is 13.2 Å². The van der Waals surface area contributed by atoms with E-state index in [0.717, 1.165) is 36.6 Å². The molecule has 1 aromatic carbocycles. The van der Waals surface area contributed by atoms with Crippen molar-refractivity contribution in [3.8, 4) is 11.7 Å². The van der Waals surface area contributed by atoms with Crippen LogP contribution in [0.15, 0.2) is 53.4 Å². The maximum absolute atomic E-state index is 12.5. The summed E-state index contributed by atoms with van der Waals surface area (Å²) in [4.78, 5) is 15.7. The summed E-state index contributed by atoms with van der Waals surface area (Å²) in [6.45, 7) is 0. The van der Waals surface area contributed by atoms with Gasteiger partial charge in [0.05, 0.1) is 11.1 Å². The largest absolute Gasteiger partial charge is 0.504 e. The van der Waals surface area contributed by atoms with E-state index in [0.29, 0.717) is 0 Å². The van der Waals surface area contributed by atoms with Gasteiger partial charge in [0.25, 0.3) is 5.95 Å². The number of rotatable bonds is 5. The minimum atomic E-state index is -4.44. The van der Waals surface area contributed by atoms with Gasteiger partial charge in [-0.15, -0.1) is 0 Å². The Labute approximate surface area is 143 Å². The van der Waals surface area contributed by atoms with E-state index < -0.39 is 23.3 Å². The SMILES string of the molecule is O=C(C=C(O)c1nc[nH]n1)c1coc(Oc2ccc(C(F)(F)F)cc2)c1. The van der Waals surface area contributed by atoms with Crippen molar-refractivity contribution >= 4 is 11.5 Å². The lowest BCUT2D eigenvalue weighted by atomic mass is 10.2. The van der Waals surface area contributed by atoms with Crippen molar-refractivity contribution in [1.29, 1.82) is 0 Å². The van der Waals surface area contributed by atoms with Crippen molar-refractivity contribution in [2.45, 2.75) is 6.18 Å². The van der Waals surface area contributed by atoms with Crippen LogP contribution in [0.5, 0.6) is 11.7 Å². The zero-order valence-corrected chi connectivity index (χ0v) is 12.8. The van der Waals surface area contributed by atoms with Gasteiger partial charge in [-0.25, -0.2) is 4.98 Å². The Morgan fingerprint density at radius 3 is 2.62 bits per heavy atom. The van der Waals surface area contributed by atoms with E-state index in [2.05, 4.69) is 15.2 Å². The van der Waals surface area contributed by atoms with Gasteiger partial charge in [0.2, 0.25) is 5.82 Å². The van der Waals surface area contributed by atoms with E-state index in [9.17, 15) is 23.1 Å². The number of ketones is 1. The summed E-state index contributed by atoms with van der Waals surface area (Å²) in [5.41, 5.74) is -0.748. The number of hydrogen-bond acceptors (Lipinski definition) is 6. The molecule has 2 aromatic heterocycles. The number of benzene rings is 1. The topological polar surface area (TPSA) is 101 Å². The second kappa shape index (κ2) is 6.75. The summed E-state index contributed by atoms with van der Waals surface area (Å²) in [5, 5.41) is 15.7. The summed E-state index contributed by atoms with van der Waals surface area (Å²) < 4.78 is 47.8. The molecule has 26 heavy (non-hydrogen) atoms. The zero-order chi connectivity index (χ0) is 18.7. The normalized spacial score (nSPS) is 12.2. The predicted molar refractivity (Wildman–Crippen MR) is 81.5 cm³/mol. The molecule has 0 fully saturated rings. The highest BCUT2D eigenvalue weighted by molar-refractivity contribution is 6.07. The predicted octanol–water partition coefficient (Wildman–Crippen LogP) is 3.99. The van der Waals surface area contributed by atoms with E-state index in [4.69, 9.17) is 9.15 Å². The van der Waals surface area contributed by atoms with Crippen LogP contribution in [0.2, 0.25) is 0 Å². The van der Waals surface area contributed by atoms with Gasteiger partial charge in [-0.05, 0) is 24.3 Å². The average molecular weight is 365 g/mol. The van der Waals surface area contributed by atoms with E-state index in [-0.39, 0.29) is 23.1 Å². The van der Waals surface area contributed by atoms with Gasteiger partial charge in [0, 0.05) is 12.1 Å². The highest BCUT2D eigenvalue weighted by Crippen LogP contribution is 2.31. The van der Waals surface area contributed by atoms with Gasteiger partial charge in [0.1, 0.15) is 18.3 Å². The molecule has 0 amide bonds. The first-order valence-electron chi connectivity index (χ1n) is 7.08. The monoisotopic (exact) mass is 365 g/mol. The van der Waals surface area contributed by atoms with Crippen LogP contribution < -0.4 is 4.74 Å². The van der Waals surface area contributed by atoms with E-state index in [1.165, 1.54) is 12.4 Å². The lowest BCUT2D eigenvalue weighted by Crippen LogP contribution is -2.03. The maximum atomic E-state index is 12.5. The minimum absolute atomic E-state index is 0.0527. The number of aromatic amines is 1. The van der Waals surface area contributed by atoms with Crippen LogP contribution in [0, 0.1) is 0 Å². The molecule has 7 nitrogen and oxygen atoms in total. The molecule has 0 spiro atoms. The van der Waals surface area contributed by atoms with Crippen molar-refractivity contribution in [3.63, 3.8) is 0 Å². The van der Waals surface area contributed by atoms with E-state index in [1.807, 2.05) is 0 Å². The summed E-state index contributed by atoms with van der Waals surface area (Å²) in [6.07, 6.45) is -1.22. The maximum Gasteiger partial charge on any atom is 0.416 e.